The molecule has 2 rings (SSSR count). The molecule has 5 heteroatoms. The number of anilines is 2. The van der Waals surface area contributed by atoms with Crippen LogP contribution < -0.4 is 11.1 Å². The Morgan fingerprint density at radius 3 is 2.80 bits per heavy atom. The molecule has 1 aromatic carbocycles. The molecule has 1 heterocycles. The number of nitrogens with zero attached hydrogens (tertiary/aromatic N) is 2. The van der Waals surface area contributed by atoms with E-state index in [0.717, 1.165) is 23.0 Å². The minimum absolute atomic E-state index is 0.0223. The molecule has 1 amide bonds. The molecule has 5 nitrogen and oxygen atoms in total. The van der Waals surface area contributed by atoms with Crippen LogP contribution in [-0.4, -0.2) is 15.9 Å². The van der Waals surface area contributed by atoms with Crippen molar-refractivity contribution < 1.29 is 4.79 Å². The number of nitrogens with one attached hydrogen (secondary N) is 1. The van der Waals surface area contributed by atoms with Crippen LogP contribution in [0.3, 0.4) is 0 Å². The Morgan fingerprint density at radius 1 is 1.35 bits per heavy atom. The molecule has 20 heavy (non-hydrogen) atoms. The van der Waals surface area contributed by atoms with Crippen molar-refractivity contribution in [2.45, 2.75) is 27.2 Å². The van der Waals surface area contributed by atoms with Crippen molar-refractivity contribution in [3.63, 3.8) is 0 Å². The fourth-order valence-corrected chi connectivity index (χ4v) is 2.02. The van der Waals surface area contributed by atoms with Gasteiger partial charge in [0.25, 0.3) is 0 Å². The summed E-state index contributed by atoms with van der Waals surface area (Å²) in [6.45, 7) is 6.11. The number of carbonyl (C=O) groups is 1. The van der Waals surface area contributed by atoms with Crippen LogP contribution in [0.25, 0.3) is 10.9 Å². The molecule has 2 aromatic rings. The Morgan fingerprint density at radius 2 is 2.10 bits per heavy atom. The SMILES string of the molecule is CCC(C)C(C)C(=O)Nc1ccc2ncnc(N)c2c1. The van der Waals surface area contributed by atoms with Gasteiger partial charge < -0.3 is 11.1 Å². The average Bonchev–Trinajstić information content (AvgIpc) is 2.46. The normalized spacial score (nSPS) is 13.9. The highest BCUT2D eigenvalue weighted by atomic mass is 16.1. The summed E-state index contributed by atoms with van der Waals surface area (Å²) in [5.41, 5.74) is 7.31. The molecule has 0 saturated carbocycles. The first-order valence-corrected chi connectivity index (χ1v) is 6.84. The first-order chi connectivity index (χ1) is 9.52. The van der Waals surface area contributed by atoms with E-state index in [1.165, 1.54) is 6.33 Å². The van der Waals surface area contributed by atoms with Crippen molar-refractivity contribution in [2.24, 2.45) is 11.8 Å². The third kappa shape index (κ3) is 2.87. The maximum atomic E-state index is 12.2. The highest BCUT2D eigenvalue weighted by molar-refractivity contribution is 5.97. The molecule has 0 aliphatic heterocycles. The highest BCUT2D eigenvalue weighted by Crippen LogP contribution is 2.22. The second-order valence-corrected chi connectivity index (χ2v) is 5.15. The number of hydrogen-bond donors (Lipinski definition) is 2. The number of hydrogen-bond acceptors (Lipinski definition) is 4. The quantitative estimate of drug-likeness (QED) is 0.896. The molecule has 1 aromatic heterocycles. The molecule has 0 fully saturated rings. The summed E-state index contributed by atoms with van der Waals surface area (Å²) in [7, 11) is 0. The Bertz CT molecular complexity index is 626. The molecule has 0 aliphatic rings. The molecular formula is C15H20N4O. The maximum absolute atomic E-state index is 12.2. The van der Waals surface area contributed by atoms with Gasteiger partial charge in [-0.15, -0.1) is 0 Å². The Hall–Kier alpha value is -2.17. The minimum Gasteiger partial charge on any atom is -0.383 e. The highest BCUT2D eigenvalue weighted by Gasteiger charge is 2.18. The lowest BCUT2D eigenvalue weighted by atomic mass is 9.93. The van der Waals surface area contributed by atoms with Crippen LogP contribution in [0.1, 0.15) is 27.2 Å². The monoisotopic (exact) mass is 272 g/mol. The zero-order chi connectivity index (χ0) is 14.7. The van der Waals surface area contributed by atoms with Gasteiger partial charge in [-0.3, -0.25) is 4.79 Å². The lowest BCUT2D eigenvalue weighted by molar-refractivity contribution is -0.120. The number of fused-ring (bicyclic) bond motifs is 1. The van der Waals surface area contributed by atoms with E-state index in [9.17, 15) is 4.79 Å². The van der Waals surface area contributed by atoms with Crippen LogP contribution in [-0.2, 0) is 4.79 Å². The first kappa shape index (κ1) is 14.2. The second-order valence-electron chi connectivity index (χ2n) is 5.15. The van der Waals surface area contributed by atoms with Crippen molar-refractivity contribution in [1.82, 2.24) is 9.97 Å². The molecule has 0 radical (unpaired) electrons. The summed E-state index contributed by atoms with van der Waals surface area (Å²) in [6, 6.07) is 5.47. The zero-order valence-corrected chi connectivity index (χ0v) is 12.1. The predicted octanol–water partition coefficient (Wildman–Crippen LogP) is 2.83. The lowest BCUT2D eigenvalue weighted by Gasteiger charge is -2.18. The summed E-state index contributed by atoms with van der Waals surface area (Å²) in [4.78, 5) is 20.3. The summed E-state index contributed by atoms with van der Waals surface area (Å²) in [5.74, 6) is 0.763. The first-order valence-electron chi connectivity index (χ1n) is 6.84. The Kier molecular flexibility index (Phi) is 4.17. The maximum Gasteiger partial charge on any atom is 0.227 e. The van der Waals surface area contributed by atoms with Crippen LogP contribution in [0.5, 0.6) is 0 Å². The molecule has 3 N–H and O–H groups in total. The van der Waals surface area contributed by atoms with Crippen LogP contribution in [0.15, 0.2) is 24.5 Å². The van der Waals surface area contributed by atoms with E-state index in [4.69, 9.17) is 5.73 Å². The molecule has 0 bridgehead atoms. The average molecular weight is 272 g/mol. The van der Waals surface area contributed by atoms with E-state index in [1.807, 2.05) is 25.1 Å². The van der Waals surface area contributed by atoms with Crippen LogP contribution >= 0.6 is 0 Å². The minimum atomic E-state index is -0.0277. The number of rotatable bonds is 4. The van der Waals surface area contributed by atoms with Crippen molar-refractivity contribution in [1.29, 1.82) is 0 Å². The van der Waals surface area contributed by atoms with Crippen LogP contribution in [0.2, 0.25) is 0 Å². The van der Waals surface area contributed by atoms with Crippen molar-refractivity contribution in [3.05, 3.63) is 24.5 Å². The number of aromatic nitrogens is 2. The standard InChI is InChI=1S/C15H20N4O/c1-4-9(2)10(3)15(20)19-11-5-6-13-12(7-11)14(16)18-8-17-13/h5-10H,4H2,1-3H3,(H,19,20)(H2,16,17,18). The van der Waals surface area contributed by atoms with E-state index in [1.54, 1.807) is 0 Å². The summed E-state index contributed by atoms with van der Waals surface area (Å²) in [5, 5.41) is 3.68. The van der Waals surface area contributed by atoms with E-state index < -0.39 is 0 Å². The van der Waals surface area contributed by atoms with E-state index in [2.05, 4.69) is 29.1 Å². The van der Waals surface area contributed by atoms with Gasteiger partial charge in [-0.1, -0.05) is 27.2 Å². The van der Waals surface area contributed by atoms with Crippen molar-refractivity contribution in [3.8, 4) is 0 Å². The van der Waals surface area contributed by atoms with Gasteiger partial charge in [0.15, 0.2) is 0 Å². The van der Waals surface area contributed by atoms with Gasteiger partial charge in [-0.05, 0) is 24.1 Å². The second kappa shape index (κ2) is 5.86. The largest absolute Gasteiger partial charge is 0.383 e. The van der Waals surface area contributed by atoms with Gasteiger partial charge in [0.2, 0.25) is 5.91 Å². The van der Waals surface area contributed by atoms with Crippen LogP contribution in [0.4, 0.5) is 11.5 Å². The number of nitrogen functional groups attached to an aromatic ring is 1. The molecule has 0 aliphatic carbocycles. The van der Waals surface area contributed by atoms with Crippen molar-refractivity contribution >= 4 is 28.3 Å². The molecule has 106 valence electrons. The van der Waals surface area contributed by atoms with Gasteiger partial charge in [-0.2, -0.15) is 0 Å². The summed E-state index contributed by atoms with van der Waals surface area (Å²) in [6.07, 6.45) is 2.41. The lowest BCUT2D eigenvalue weighted by Crippen LogP contribution is -2.25. The predicted molar refractivity (Wildman–Crippen MR) is 81.2 cm³/mol. The molecule has 0 spiro atoms. The van der Waals surface area contributed by atoms with Gasteiger partial charge in [0.1, 0.15) is 12.1 Å². The van der Waals surface area contributed by atoms with Gasteiger partial charge in [-0.25, -0.2) is 9.97 Å². The Labute approximate surface area is 118 Å². The van der Waals surface area contributed by atoms with E-state index >= 15 is 0 Å². The van der Waals surface area contributed by atoms with Crippen LogP contribution in [0, 0.1) is 11.8 Å². The smallest absolute Gasteiger partial charge is 0.227 e. The Balaban J connectivity index is 2.22. The molecule has 0 saturated heterocycles. The summed E-state index contributed by atoms with van der Waals surface area (Å²) < 4.78 is 0. The summed E-state index contributed by atoms with van der Waals surface area (Å²) >= 11 is 0. The topological polar surface area (TPSA) is 80.9 Å². The number of benzene rings is 1. The van der Waals surface area contributed by atoms with Gasteiger partial charge >= 0.3 is 0 Å². The van der Waals surface area contributed by atoms with E-state index in [-0.39, 0.29) is 11.8 Å². The number of amides is 1. The third-order valence-corrected chi connectivity index (χ3v) is 3.84. The molecule has 2 unspecified atom stereocenters. The molecular weight excluding hydrogens is 252 g/mol. The van der Waals surface area contributed by atoms with Crippen molar-refractivity contribution in [2.75, 3.05) is 11.1 Å². The number of nitrogens with two attached hydrogens (primary N) is 1. The fraction of sp³-hybridized carbons (Fsp3) is 0.400. The van der Waals surface area contributed by atoms with Gasteiger partial charge in [0.05, 0.1) is 5.52 Å². The van der Waals surface area contributed by atoms with E-state index in [0.29, 0.717) is 11.7 Å². The fourth-order valence-electron chi connectivity index (χ4n) is 2.02. The third-order valence-electron chi connectivity index (χ3n) is 3.84. The number of carbonyl (C=O) groups excluding carboxylic acids is 1. The zero-order valence-electron chi connectivity index (χ0n) is 12.1. The molecule has 2 atom stereocenters. The van der Waals surface area contributed by atoms with Gasteiger partial charge in [0, 0.05) is 17.0 Å².